The normalized spacial score (nSPS) is 11.6. The molecule has 1 aromatic heterocycles. The van der Waals surface area contributed by atoms with Gasteiger partial charge in [-0.1, -0.05) is 55.8 Å². The van der Waals surface area contributed by atoms with Crippen LogP contribution in [0.4, 0.5) is 19.1 Å². The lowest BCUT2D eigenvalue weighted by Gasteiger charge is -2.26. The molecule has 0 aliphatic heterocycles. The summed E-state index contributed by atoms with van der Waals surface area (Å²) in [5.74, 6) is 0.160. The van der Waals surface area contributed by atoms with E-state index in [2.05, 4.69) is 68.0 Å². The largest absolute Gasteiger partial charge is 0.490 e. The van der Waals surface area contributed by atoms with Crippen LogP contribution in [0.1, 0.15) is 77.1 Å². The minimum atomic E-state index is -4.47. The number of anilines is 1. The number of aliphatic carboxylic acids is 1. The number of carboxylic acid groups (broad SMARTS) is 1. The van der Waals surface area contributed by atoms with E-state index in [-0.39, 0.29) is 19.6 Å². The average Bonchev–Trinajstić information content (AvgIpc) is 2.96. The molecule has 6 nitrogen and oxygen atoms in total. The fraction of sp³-hybridized carbons (Fsp3) is 0.361. The Kier molecular flexibility index (Phi) is 10.5. The van der Waals surface area contributed by atoms with Crippen molar-refractivity contribution in [1.82, 2.24) is 9.97 Å². The van der Waals surface area contributed by atoms with Crippen LogP contribution in [-0.2, 0) is 24.1 Å². The minimum absolute atomic E-state index is 0.0129. The van der Waals surface area contributed by atoms with Crippen LogP contribution in [0, 0.1) is 27.7 Å². The molecule has 0 saturated carbocycles. The molecule has 0 saturated heterocycles. The number of hydrogen-bond donors (Lipinski definition) is 1. The highest BCUT2D eigenvalue weighted by molar-refractivity contribution is 5.73. The van der Waals surface area contributed by atoms with E-state index in [1.807, 2.05) is 11.8 Å². The molecule has 0 unspecified atom stereocenters. The summed E-state index contributed by atoms with van der Waals surface area (Å²) in [6, 6.07) is 14.9. The molecule has 0 aliphatic rings. The molecule has 0 fully saturated rings. The number of aromatic nitrogens is 2. The summed E-state index contributed by atoms with van der Waals surface area (Å²) in [5.41, 5.74) is 8.07. The highest BCUT2D eigenvalue weighted by atomic mass is 19.4. The Balaban J connectivity index is 1.76. The van der Waals surface area contributed by atoms with Gasteiger partial charge in [-0.05, 0) is 96.7 Å². The summed E-state index contributed by atoms with van der Waals surface area (Å²) in [4.78, 5) is 21.7. The van der Waals surface area contributed by atoms with Crippen molar-refractivity contribution < 1.29 is 27.8 Å². The van der Waals surface area contributed by atoms with Crippen molar-refractivity contribution in [2.24, 2.45) is 0 Å². The van der Waals surface area contributed by atoms with Crippen molar-refractivity contribution in [3.63, 3.8) is 0 Å². The summed E-state index contributed by atoms with van der Waals surface area (Å²) >= 11 is 0. The van der Waals surface area contributed by atoms with Crippen molar-refractivity contribution in [1.29, 1.82) is 0 Å². The maximum atomic E-state index is 13.7. The molecule has 238 valence electrons. The molecule has 9 heteroatoms. The Bertz CT molecular complexity index is 1650. The molecule has 0 amide bonds. The first kappa shape index (κ1) is 33.5. The maximum absolute atomic E-state index is 13.7. The number of carbonyl (C=O) groups is 1. The third-order valence-electron chi connectivity index (χ3n) is 7.84. The van der Waals surface area contributed by atoms with Gasteiger partial charge in [-0.2, -0.15) is 13.2 Å². The van der Waals surface area contributed by atoms with Crippen molar-refractivity contribution in [3.8, 4) is 16.9 Å². The zero-order valence-electron chi connectivity index (χ0n) is 26.6. The quantitative estimate of drug-likeness (QED) is 0.160. The lowest BCUT2D eigenvalue weighted by molar-refractivity contribution is -0.138. The van der Waals surface area contributed by atoms with E-state index in [1.165, 1.54) is 24.0 Å². The zero-order valence-corrected chi connectivity index (χ0v) is 26.6. The fourth-order valence-electron chi connectivity index (χ4n) is 5.25. The number of halogens is 3. The SMILES string of the molecule is Cc1cc(CN(Cc2cc(C)c(C)cc2-c2cc(C(C)C)ccc2C)c2ncc(OCCCC(=O)O)cn2)cc(C(F)(F)F)c1. The van der Waals surface area contributed by atoms with Crippen molar-refractivity contribution in [3.05, 3.63) is 105 Å². The Morgan fingerprint density at radius 2 is 1.58 bits per heavy atom. The summed E-state index contributed by atoms with van der Waals surface area (Å²) in [7, 11) is 0. The fourth-order valence-corrected chi connectivity index (χ4v) is 5.25. The monoisotopic (exact) mass is 619 g/mol. The number of rotatable bonds is 12. The van der Waals surface area contributed by atoms with Gasteiger partial charge in [-0.25, -0.2) is 9.97 Å². The van der Waals surface area contributed by atoms with E-state index in [0.29, 0.717) is 41.7 Å². The molecule has 1 heterocycles. The Hall–Kier alpha value is -4.40. The van der Waals surface area contributed by atoms with Gasteiger partial charge in [0.1, 0.15) is 0 Å². The maximum Gasteiger partial charge on any atom is 0.416 e. The van der Waals surface area contributed by atoms with Crippen LogP contribution >= 0.6 is 0 Å². The van der Waals surface area contributed by atoms with Crippen LogP contribution in [0.15, 0.2) is 60.9 Å². The molecule has 1 N–H and O–H groups in total. The van der Waals surface area contributed by atoms with E-state index in [0.717, 1.165) is 39.4 Å². The van der Waals surface area contributed by atoms with Crippen molar-refractivity contribution >= 4 is 11.9 Å². The van der Waals surface area contributed by atoms with Gasteiger partial charge in [0.15, 0.2) is 5.75 Å². The molecule has 0 radical (unpaired) electrons. The highest BCUT2D eigenvalue weighted by Gasteiger charge is 2.31. The Labute approximate surface area is 262 Å². The second kappa shape index (κ2) is 14.1. The molecular weight excluding hydrogens is 579 g/mol. The molecule has 0 atom stereocenters. The molecule has 0 aliphatic carbocycles. The summed E-state index contributed by atoms with van der Waals surface area (Å²) in [5, 5.41) is 8.86. The molecular formula is C36H40F3N3O3. The van der Waals surface area contributed by atoms with Crippen molar-refractivity contribution in [2.45, 2.75) is 79.6 Å². The standard InChI is InChI=1S/C36H40F3N3O3/c1-22(2)28-10-9-24(4)32(17-28)33-15-26(6)25(5)14-29(33)21-42(20-27-12-23(3)13-30(16-27)36(37,38)39)35-40-18-31(19-41-35)45-11-7-8-34(43)44/h9-10,12-19,22H,7-8,11,20-21H2,1-6H3,(H,43,44). The number of hydrogen-bond acceptors (Lipinski definition) is 5. The predicted molar refractivity (Wildman–Crippen MR) is 171 cm³/mol. The van der Waals surface area contributed by atoms with Gasteiger partial charge < -0.3 is 14.7 Å². The first-order valence-electron chi connectivity index (χ1n) is 15.0. The van der Waals surface area contributed by atoms with Gasteiger partial charge in [0.05, 0.1) is 24.6 Å². The van der Waals surface area contributed by atoms with Gasteiger partial charge in [-0.3, -0.25) is 4.79 Å². The molecule has 4 rings (SSSR count). The van der Waals surface area contributed by atoms with Gasteiger partial charge in [0.25, 0.3) is 0 Å². The van der Waals surface area contributed by atoms with E-state index in [1.54, 1.807) is 13.0 Å². The second-order valence-corrected chi connectivity index (χ2v) is 11.9. The lowest BCUT2D eigenvalue weighted by atomic mass is 9.89. The number of carboxylic acids is 1. The van der Waals surface area contributed by atoms with E-state index < -0.39 is 17.7 Å². The molecule has 0 spiro atoms. The number of aryl methyl sites for hydroxylation is 4. The molecule has 3 aromatic carbocycles. The number of benzene rings is 3. The first-order valence-corrected chi connectivity index (χ1v) is 15.0. The molecule has 0 bridgehead atoms. The predicted octanol–water partition coefficient (Wildman–Crippen LogP) is 8.97. The molecule has 45 heavy (non-hydrogen) atoms. The molecule has 4 aromatic rings. The summed E-state index contributed by atoms with van der Waals surface area (Å²) in [6.07, 6.45) is -1.13. The third-order valence-corrected chi connectivity index (χ3v) is 7.84. The van der Waals surface area contributed by atoms with E-state index in [4.69, 9.17) is 9.84 Å². The summed E-state index contributed by atoms with van der Waals surface area (Å²) in [6.45, 7) is 12.9. The van der Waals surface area contributed by atoms with Crippen LogP contribution in [0.3, 0.4) is 0 Å². The Morgan fingerprint density at radius 3 is 2.22 bits per heavy atom. The minimum Gasteiger partial charge on any atom is -0.490 e. The van der Waals surface area contributed by atoms with Gasteiger partial charge in [0.2, 0.25) is 5.95 Å². The Morgan fingerprint density at radius 1 is 0.889 bits per heavy atom. The highest BCUT2D eigenvalue weighted by Crippen LogP contribution is 2.35. The smallest absolute Gasteiger partial charge is 0.416 e. The van der Waals surface area contributed by atoms with E-state index in [9.17, 15) is 18.0 Å². The summed E-state index contributed by atoms with van der Waals surface area (Å²) < 4.78 is 46.8. The first-order chi connectivity index (χ1) is 21.2. The second-order valence-electron chi connectivity index (χ2n) is 11.9. The third kappa shape index (κ3) is 8.84. The van der Waals surface area contributed by atoms with E-state index >= 15 is 0 Å². The average molecular weight is 620 g/mol. The topological polar surface area (TPSA) is 75.6 Å². The lowest BCUT2D eigenvalue weighted by Crippen LogP contribution is -2.25. The van der Waals surface area contributed by atoms with Crippen LogP contribution in [0.25, 0.3) is 11.1 Å². The van der Waals surface area contributed by atoms with Crippen LogP contribution < -0.4 is 9.64 Å². The van der Waals surface area contributed by atoms with Crippen molar-refractivity contribution in [2.75, 3.05) is 11.5 Å². The number of alkyl halides is 3. The van der Waals surface area contributed by atoms with Gasteiger partial charge >= 0.3 is 12.1 Å². The van der Waals surface area contributed by atoms with Gasteiger partial charge in [0, 0.05) is 19.5 Å². The van der Waals surface area contributed by atoms with Gasteiger partial charge in [-0.15, -0.1) is 0 Å². The number of ether oxygens (including phenoxy) is 1. The van der Waals surface area contributed by atoms with Crippen LogP contribution in [0.5, 0.6) is 5.75 Å². The van der Waals surface area contributed by atoms with Crippen LogP contribution in [-0.4, -0.2) is 27.7 Å². The zero-order chi connectivity index (χ0) is 32.9. The van der Waals surface area contributed by atoms with Crippen LogP contribution in [0.2, 0.25) is 0 Å². The number of nitrogens with zero attached hydrogens (tertiary/aromatic N) is 3.